The molecule has 11 atom stereocenters. The minimum absolute atomic E-state index is 0.120. The van der Waals surface area contributed by atoms with Gasteiger partial charge in [0.25, 0.3) is 0 Å². The Bertz CT molecular complexity index is 783. The van der Waals surface area contributed by atoms with Crippen LogP contribution in [-0.2, 0) is 4.74 Å². The van der Waals surface area contributed by atoms with Gasteiger partial charge in [-0.15, -0.1) is 0 Å². The van der Waals surface area contributed by atoms with Crippen molar-refractivity contribution in [2.45, 2.75) is 117 Å². The molecule has 206 valence electrons. The highest BCUT2D eigenvalue weighted by molar-refractivity contribution is 5.67. The quantitative estimate of drug-likeness (QED) is 0.420. The predicted molar refractivity (Wildman–Crippen MR) is 142 cm³/mol. The third kappa shape index (κ3) is 4.42. The van der Waals surface area contributed by atoms with E-state index in [2.05, 4.69) is 27.7 Å². The summed E-state index contributed by atoms with van der Waals surface area (Å²) < 4.78 is 5.58. The SMILES string of the molecule is CC[C@@H]1C2C[C@H](O)CC[C@]2(C)[C@H]2CCC3(C)[C@@H]([C@H](C)CCCOC(=O)N4CCCC4)CC[C@H]3C2[C@@H]1O. The number of rotatable bonds is 6. The number of nitrogens with zero attached hydrogens (tertiary/aromatic N) is 1. The van der Waals surface area contributed by atoms with Crippen LogP contribution in [0.1, 0.15) is 105 Å². The topological polar surface area (TPSA) is 70.0 Å². The summed E-state index contributed by atoms with van der Waals surface area (Å²) in [6, 6.07) is 0. The fraction of sp³-hybridized carbons (Fsp3) is 0.968. The average molecular weight is 504 g/mol. The maximum atomic E-state index is 12.2. The summed E-state index contributed by atoms with van der Waals surface area (Å²) in [5.41, 5.74) is 0.581. The maximum absolute atomic E-state index is 12.2. The van der Waals surface area contributed by atoms with Gasteiger partial charge in [-0.2, -0.15) is 0 Å². The molecule has 5 fully saturated rings. The first-order valence-electron chi connectivity index (χ1n) is 15.5. The second-order valence-electron chi connectivity index (χ2n) is 14.0. The molecule has 1 heterocycles. The second-order valence-corrected chi connectivity index (χ2v) is 14.0. The number of fused-ring (bicyclic) bond motifs is 5. The fourth-order valence-electron chi connectivity index (χ4n) is 10.7. The van der Waals surface area contributed by atoms with Gasteiger partial charge in [-0.05, 0) is 123 Å². The van der Waals surface area contributed by atoms with Gasteiger partial charge in [0.15, 0.2) is 0 Å². The maximum Gasteiger partial charge on any atom is 0.409 e. The van der Waals surface area contributed by atoms with Crippen LogP contribution in [0.4, 0.5) is 4.79 Å². The van der Waals surface area contributed by atoms with Crippen molar-refractivity contribution in [1.29, 1.82) is 0 Å². The van der Waals surface area contributed by atoms with Crippen molar-refractivity contribution in [3.8, 4) is 0 Å². The van der Waals surface area contributed by atoms with E-state index in [1.165, 1.54) is 25.7 Å². The smallest absolute Gasteiger partial charge is 0.409 e. The summed E-state index contributed by atoms with van der Waals surface area (Å²) in [7, 11) is 0. The number of amides is 1. The Hall–Kier alpha value is -0.810. The number of carbonyl (C=O) groups excluding carboxylic acids is 1. The minimum Gasteiger partial charge on any atom is -0.449 e. The first kappa shape index (κ1) is 26.8. The van der Waals surface area contributed by atoms with Crippen molar-refractivity contribution < 1.29 is 19.7 Å². The average Bonchev–Trinajstić information content (AvgIpc) is 3.51. The summed E-state index contributed by atoms with van der Waals surface area (Å²) in [6.07, 6.45) is 12.8. The van der Waals surface area contributed by atoms with E-state index in [9.17, 15) is 15.0 Å². The largest absolute Gasteiger partial charge is 0.449 e. The van der Waals surface area contributed by atoms with Gasteiger partial charge >= 0.3 is 6.09 Å². The Morgan fingerprint density at radius 1 is 1.00 bits per heavy atom. The second kappa shape index (κ2) is 10.4. The Morgan fingerprint density at radius 3 is 2.42 bits per heavy atom. The van der Waals surface area contributed by atoms with Crippen LogP contribution >= 0.6 is 0 Å². The summed E-state index contributed by atoms with van der Waals surface area (Å²) in [6.45, 7) is 12.0. The molecular weight excluding hydrogens is 450 g/mol. The van der Waals surface area contributed by atoms with Gasteiger partial charge in [0.05, 0.1) is 18.8 Å². The van der Waals surface area contributed by atoms with Gasteiger partial charge in [0, 0.05) is 13.1 Å². The van der Waals surface area contributed by atoms with E-state index in [-0.39, 0.29) is 23.7 Å². The van der Waals surface area contributed by atoms with Crippen LogP contribution in [0.25, 0.3) is 0 Å². The van der Waals surface area contributed by atoms with Crippen molar-refractivity contribution in [2.75, 3.05) is 19.7 Å². The van der Waals surface area contributed by atoms with Crippen LogP contribution < -0.4 is 0 Å². The Balaban J connectivity index is 1.24. The van der Waals surface area contributed by atoms with Gasteiger partial charge < -0.3 is 19.8 Å². The van der Waals surface area contributed by atoms with Crippen molar-refractivity contribution in [3.05, 3.63) is 0 Å². The molecule has 0 spiro atoms. The molecule has 0 aromatic rings. The first-order valence-corrected chi connectivity index (χ1v) is 15.5. The van der Waals surface area contributed by atoms with E-state index in [1.807, 2.05) is 4.90 Å². The third-order valence-electron chi connectivity index (χ3n) is 12.5. The highest BCUT2D eigenvalue weighted by Crippen LogP contribution is 2.69. The van der Waals surface area contributed by atoms with Crippen molar-refractivity contribution in [3.63, 3.8) is 0 Å². The minimum atomic E-state index is -0.216. The first-order chi connectivity index (χ1) is 17.2. The standard InChI is InChI=1S/C31H53NO4/c1-5-22-26-19-21(33)12-14-31(26,4)25-13-15-30(3)23(10-11-24(30)27(25)28(22)34)20(2)9-8-18-36-29(35)32-16-6-7-17-32/h20-28,33-34H,5-19H2,1-4H3/t20-,21-,22-,23-,24+,25+,26?,27?,28-,30?,31-/m1/s1. The highest BCUT2D eigenvalue weighted by atomic mass is 16.6. The number of aliphatic hydroxyl groups is 2. The molecular formula is C31H53NO4. The molecule has 0 aromatic heterocycles. The molecule has 1 aliphatic heterocycles. The Kier molecular flexibility index (Phi) is 7.73. The lowest BCUT2D eigenvalue weighted by Gasteiger charge is -2.64. The molecule has 4 aliphatic carbocycles. The van der Waals surface area contributed by atoms with Crippen molar-refractivity contribution >= 4 is 6.09 Å². The number of likely N-dealkylation sites (tertiary alicyclic amines) is 1. The monoisotopic (exact) mass is 503 g/mol. The van der Waals surface area contributed by atoms with E-state index in [4.69, 9.17) is 4.74 Å². The summed E-state index contributed by atoms with van der Waals surface area (Å²) in [5, 5.41) is 22.4. The van der Waals surface area contributed by atoms with E-state index in [1.54, 1.807) is 0 Å². The zero-order chi connectivity index (χ0) is 25.7. The van der Waals surface area contributed by atoms with Gasteiger partial charge in [0.1, 0.15) is 0 Å². The molecule has 2 N–H and O–H groups in total. The third-order valence-corrected chi connectivity index (χ3v) is 12.5. The van der Waals surface area contributed by atoms with Crippen LogP contribution in [0.3, 0.4) is 0 Å². The molecule has 5 nitrogen and oxygen atoms in total. The van der Waals surface area contributed by atoms with Crippen molar-refractivity contribution in [1.82, 2.24) is 4.90 Å². The molecule has 4 saturated carbocycles. The van der Waals surface area contributed by atoms with E-state index < -0.39 is 0 Å². The fourth-order valence-corrected chi connectivity index (χ4v) is 10.7. The summed E-state index contributed by atoms with van der Waals surface area (Å²) in [5.74, 6) is 3.75. The van der Waals surface area contributed by atoms with E-state index in [0.29, 0.717) is 53.4 Å². The summed E-state index contributed by atoms with van der Waals surface area (Å²) in [4.78, 5) is 14.1. The molecule has 3 unspecified atom stereocenters. The lowest BCUT2D eigenvalue weighted by molar-refractivity contribution is -0.203. The highest BCUT2D eigenvalue weighted by Gasteiger charge is 2.64. The number of hydrogen-bond acceptors (Lipinski definition) is 4. The molecule has 5 aliphatic rings. The van der Waals surface area contributed by atoms with Crippen LogP contribution in [0, 0.1) is 52.3 Å². The molecule has 0 radical (unpaired) electrons. The van der Waals surface area contributed by atoms with Gasteiger partial charge in [0.2, 0.25) is 0 Å². The lowest BCUT2D eigenvalue weighted by atomic mass is 9.41. The van der Waals surface area contributed by atoms with Crippen LogP contribution in [0.2, 0.25) is 0 Å². The van der Waals surface area contributed by atoms with Gasteiger partial charge in [-0.1, -0.05) is 34.1 Å². The van der Waals surface area contributed by atoms with Gasteiger partial charge in [-0.3, -0.25) is 0 Å². The zero-order valence-electron chi connectivity index (χ0n) is 23.5. The van der Waals surface area contributed by atoms with E-state index >= 15 is 0 Å². The molecule has 0 bridgehead atoms. The molecule has 36 heavy (non-hydrogen) atoms. The normalized spacial score (nSPS) is 47.1. The Morgan fingerprint density at radius 2 is 1.69 bits per heavy atom. The van der Waals surface area contributed by atoms with Crippen LogP contribution in [0.15, 0.2) is 0 Å². The molecule has 1 saturated heterocycles. The number of aliphatic hydroxyl groups excluding tert-OH is 2. The van der Waals surface area contributed by atoms with Gasteiger partial charge in [-0.25, -0.2) is 4.79 Å². The van der Waals surface area contributed by atoms with E-state index in [0.717, 1.165) is 64.5 Å². The van der Waals surface area contributed by atoms with Crippen LogP contribution in [-0.4, -0.2) is 53.1 Å². The predicted octanol–water partition coefficient (Wildman–Crippen LogP) is 6.26. The molecule has 5 heteroatoms. The van der Waals surface area contributed by atoms with Crippen molar-refractivity contribution in [2.24, 2.45) is 52.3 Å². The zero-order valence-corrected chi connectivity index (χ0v) is 23.5. The molecule has 5 rings (SSSR count). The lowest BCUT2D eigenvalue weighted by Crippen LogP contribution is -2.62. The Labute approximate surface area is 219 Å². The molecule has 0 aromatic carbocycles. The molecule has 1 amide bonds. The van der Waals surface area contributed by atoms with Crippen LogP contribution in [0.5, 0.6) is 0 Å². The number of carbonyl (C=O) groups is 1. The number of hydrogen-bond donors (Lipinski definition) is 2. The summed E-state index contributed by atoms with van der Waals surface area (Å²) >= 11 is 0. The number of ether oxygens (including phenoxy) is 1.